The van der Waals surface area contributed by atoms with Crippen LogP contribution in [0.3, 0.4) is 0 Å². The van der Waals surface area contributed by atoms with E-state index in [0.717, 1.165) is 98.8 Å². The summed E-state index contributed by atoms with van der Waals surface area (Å²) in [6.45, 7) is 40.1. The predicted molar refractivity (Wildman–Crippen MR) is 274 cm³/mol. The largest absolute Gasteiger partial charge is 0.252 e. The zero-order chi connectivity index (χ0) is 48.6. The van der Waals surface area contributed by atoms with E-state index in [4.69, 9.17) is 0 Å². The molecular weight excluding hydrogens is 805 g/mol. The van der Waals surface area contributed by atoms with E-state index in [1.54, 1.807) is 0 Å². The minimum Gasteiger partial charge on any atom is -0.252 e. The first-order valence-electron chi connectivity index (χ1n) is 26.4. The highest BCUT2D eigenvalue weighted by atomic mass is 15.4. The number of unbranched alkanes of at least 4 members (excludes halogenated alkanes) is 3. The van der Waals surface area contributed by atoms with Crippen LogP contribution in [0.25, 0.3) is 0 Å². The van der Waals surface area contributed by atoms with Gasteiger partial charge in [-0.05, 0) is 112 Å². The standard InChI is InChI=1S/C15H29N3.2C13H25N3.C12H23N3/c1-13(2)8-5-6-11-18-15(12-16-17-18)10-7-9-14(3)4;1-11(2)7-5-6-8-16-10-13(14-15-16)9-12(3)4;1-11(2)7-5-6-8-16-13(9-12(3)4)10-14-15-16;1-10(2)5-6-12-9-15(14-13-12)8-7-11(3)4/h12-14H,5-11H2,1-4H3;2*10-12H,5-9H2,1-4H3;9-11H,5-8H2,1-4H3. The monoisotopic (exact) mass is 907 g/mol. The van der Waals surface area contributed by atoms with Gasteiger partial charge in [0, 0.05) is 38.6 Å². The van der Waals surface area contributed by atoms with Gasteiger partial charge in [0.15, 0.2) is 0 Å². The van der Waals surface area contributed by atoms with Crippen molar-refractivity contribution in [3.8, 4) is 0 Å². The minimum atomic E-state index is 0.658. The van der Waals surface area contributed by atoms with Gasteiger partial charge in [-0.15, -0.1) is 20.4 Å². The maximum atomic E-state index is 4.20. The second kappa shape index (κ2) is 35.7. The number of hydrogen-bond donors (Lipinski definition) is 0. The summed E-state index contributed by atoms with van der Waals surface area (Å²) in [5, 5.41) is 33.0. The van der Waals surface area contributed by atoms with Crippen molar-refractivity contribution in [2.24, 2.45) is 47.3 Å². The average molecular weight is 907 g/mol. The molecule has 0 aromatic carbocycles. The third kappa shape index (κ3) is 32.8. The van der Waals surface area contributed by atoms with Gasteiger partial charge < -0.3 is 0 Å². The summed E-state index contributed by atoms with van der Waals surface area (Å²) in [6.07, 6.45) is 28.7. The van der Waals surface area contributed by atoms with Crippen molar-refractivity contribution in [2.45, 2.75) is 246 Å². The van der Waals surface area contributed by atoms with E-state index in [-0.39, 0.29) is 0 Å². The van der Waals surface area contributed by atoms with Gasteiger partial charge in [-0.2, -0.15) is 0 Å². The van der Waals surface area contributed by atoms with Crippen molar-refractivity contribution in [3.05, 3.63) is 47.6 Å². The van der Waals surface area contributed by atoms with Gasteiger partial charge in [-0.3, -0.25) is 9.36 Å². The van der Waals surface area contributed by atoms with Gasteiger partial charge in [0.1, 0.15) is 0 Å². The number of nitrogens with zero attached hydrogens (tertiary/aromatic N) is 12. The molecule has 0 bridgehead atoms. The molecule has 4 rings (SSSR count). The molecule has 0 unspecified atom stereocenters. The molecule has 4 aromatic heterocycles. The maximum absolute atomic E-state index is 4.20. The number of aromatic nitrogens is 12. The van der Waals surface area contributed by atoms with E-state index in [2.05, 4.69) is 174 Å². The Labute approximate surface area is 399 Å². The second-order valence-corrected chi connectivity index (χ2v) is 22.1. The van der Waals surface area contributed by atoms with Crippen LogP contribution in [0.5, 0.6) is 0 Å². The topological polar surface area (TPSA) is 123 Å². The first kappa shape index (κ1) is 59.6. The van der Waals surface area contributed by atoms with Crippen LogP contribution in [0, 0.1) is 47.3 Å². The smallest absolute Gasteiger partial charge is 0.0829 e. The lowest BCUT2D eigenvalue weighted by Crippen LogP contribution is -2.08. The Hall–Kier alpha value is -3.44. The molecule has 4 aromatic rings. The highest BCUT2D eigenvalue weighted by molar-refractivity contribution is 4.96. The fourth-order valence-electron chi connectivity index (χ4n) is 7.20. The number of rotatable bonds is 29. The van der Waals surface area contributed by atoms with Gasteiger partial charge in [0.25, 0.3) is 0 Å². The van der Waals surface area contributed by atoms with Crippen LogP contribution in [0.15, 0.2) is 24.8 Å². The second-order valence-electron chi connectivity index (χ2n) is 22.1. The molecule has 0 saturated carbocycles. The van der Waals surface area contributed by atoms with E-state index in [0.29, 0.717) is 11.8 Å². The summed E-state index contributed by atoms with van der Waals surface area (Å²) >= 11 is 0. The molecule has 0 aliphatic carbocycles. The summed E-state index contributed by atoms with van der Waals surface area (Å²) in [5.41, 5.74) is 4.84. The van der Waals surface area contributed by atoms with E-state index in [9.17, 15) is 0 Å². The van der Waals surface area contributed by atoms with E-state index in [1.807, 2.05) is 21.8 Å². The third-order valence-electron chi connectivity index (χ3n) is 11.2. The van der Waals surface area contributed by atoms with E-state index < -0.39 is 0 Å². The summed E-state index contributed by atoms with van der Waals surface area (Å²) in [4.78, 5) is 0. The highest BCUT2D eigenvalue weighted by Crippen LogP contribution is 2.14. The molecule has 0 aliphatic rings. The fourth-order valence-corrected chi connectivity index (χ4v) is 7.20. The lowest BCUT2D eigenvalue weighted by atomic mass is 10.1. The van der Waals surface area contributed by atoms with Crippen LogP contribution in [0.4, 0.5) is 0 Å². The quantitative estimate of drug-likeness (QED) is 0.0494. The van der Waals surface area contributed by atoms with Crippen LogP contribution in [-0.2, 0) is 51.9 Å². The summed E-state index contributed by atoms with van der Waals surface area (Å²) in [6, 6.07) is 0. The molecule has 0 radical (unpaired) electrons. The van der Waals surface area contributed by atoms with Gasteiger partial charge in [0.2, 0.25) is 0 Å². The maximum Gasteiger partial charge on any atom is 0.0829 e. The Morgan fingerprint density at radius 1 is 0.354 bits per heavy atom. The van der Waals surface area contributed by atoms with Gasteiger partial charge in [0.05, 0.1) is 35.2 Å². The molecule has 0 aliphatic heterocycles. The summed E-state index contributed by atoms with van der Waals surface area (Å²) < 4.78 is 8.12. The molecule has 374 valence electrons. The van der Waals surface area contributed by atoms with Crippen LogP contribution in [0.1, 0.15) is 217 Å². The Morgan fingerprint density at radius 3 is 1.26 bits per heavy atom. The van der Waals surface area contributed by atoms with Gasteiger partial charge >= 0.3 is 0 Å². The fraction of sp³-hybridized carbons (Fsp3) is 0.849. The number of hydrogen-bond acceptors (Lipinski definition) is 8. The van der Waals surface area contributed by atoms with Crippen LogP contribution in [-0.4, -0.2) is 60.0 Å². The van der Waals surface area contributed by atoms with Crippen molar-refractivity contribution in [2.75, 3.05) is 0 Å². The molecule has 65 heavy (non-hydrogen) atoms. The Morgan fingerprint density at radius 2 is 0.769 bits per heavy atom. The zero-order valence-electron chi connectivity index (χ0n) is 45.1. The van der Waals surface area contributed by atoms with Crippen molar-refractivity contribution >= 4 is 0 Å². The molecule has 4 heterocycles. The normalized spacial score (nSPS) is 11.6. The molecule has 12 heteroatoms. The lowest BCUT2D eigenvalue weighted by molar-refractivity contribution is 0.469. The molecular formula is C53H102N12. The molecule has 0 atom stereocenters. The molecule has 12 nitrogen and oxygen atoms in total. The average Bonchev–Trinajstić information content (AvgIpc) is 4.05. The van der Waals surface area contributed by atoms with Crippen molar-refractivity contribution in [1.29, 1.82) is 0 Å². The SMILES string of the molecule is CC(C)CCCCn1cc(CC(C)C)nn1.CC(C)CCCCn1nncc1CC(C)C.CC(C)CCCCn1nncc1CCCC(C)C.CC(C)CCc1cn(CCC(C)C)nn1. The summed E-state index contributed by atoms with van der Waals surface area (Å²) in [7, 11) is 0. The highest BCUT2D eigenvalue weighted by Gasteiger charge is 2.08. The zero-order valence-corrected chi connectivity index (χ0v) is 45.1. The third-order valence-corrected chi connectivity index (χ3v) is 11.2. The lowest BCUT2D eigenvalue weighted by Gasteiger charge is -2.08. The minimum absolute atomic E-state index is 0.658. The Balaban J connectivity index is 0.000000434. The predicted octanol–water partition coefficient (Wildman–Crippen LogP) is 13.6. The summed E-state index contributed by atoms with van der Waals surface area (Å²) in [5.74, 6) is 6.03. The molecule has 0 saturated heterocycles. The number of aryl methyl sites for hydroxylation is 6. The molecule has 0 fully saturated rings. The van der Waals surface area contributed by atoms with Crippen molar-refractivity contribution in [1.82, 2.24) is 60.0 Å². The van der Waals surface area contributed by atoms with Crippen LogP contribution >= 0.6 is 0 Å². The van der Waals surface area contributed by atoms with Crippen molar-refractivity contribution in [3.63, 3.8) is 0 Å². The van der Waals surface area contributed by atoms with Crippen LogP contribution < -0.4 is 0 Å². The molecule has 0 spiro atoms. The van der Waals surface area contributed by atoms with Crippen LogP contribution in [0.2, 0.25) is 0 Å². The Kier molecular flexibility index (Phi) is 32.7. The van der Waals surface area contributed by atoms with E-state index in [1.165, 1.54) is 94.9 Å². The first-order chi connectivity index (χ1) is 30.8. The molecule has 0 N–H and O–H groups in total. The van der Waals surface area contributed by atoms with Gasteiger partial charge in [-0.25, -0.2) is 9.36 Å². The van der Waals surface area contributed by atoms with Gasteiger partial charge in [-0.1, -0.05) is 177 Å². The van der Waals surface area contributed by atoms with Crippen molar-refractivity contribution < 1.29 is 0 Å². The first-order valence-corrected chi connectivity index (χ1v) is 26.4. The molecule has 0 amide bonds. The Bertz CT molecular complexity index is 1630. The van der Waals surface area contributed by atoms with E-state index >= 15 is 0 Å².